The summed E-state index contributed by atoms with van der Waals surface area (Å²) in [6.07, 6.45) is 6.41. The molecular weight excluding hydrogens is 925 g/mol. The number of anilines is 5. The SMILES string of the molecule is C/C=C\C(=C/C)N(c1ccc(-c2ccc(-c3ccc(-c4ccc(N(c5ccccc5)c5ccc(-c6cccc7c6oc6ccccc67)cc5)cc4)cc3)cc2)cc1)c1ccc(-c2cccc3c2oc2ccccc23)cc1. The molecule has 0 aliphatic heterocycles. The highest BCUT2D eigenvalue weighted by Gasteiger charge is 2.18. The molecule has 0 saturated heterocycles. The molecule has 11 aromatic carbocycles. The third kappa shape index (κ3) is 8.52. The van der Waals surface area contributed by atoms with Crippen LogP contribution in [0.1, 0.15) is 13.8 Å². The largest absolute Gasteiger partial charge is 0.455 e. The summed E-state index contributed by atoms with van der Waals surface area (Å²) in [6.45, 7) is 4.15. The number of allylic oxidation sites excluding steroid dienone is 3. The van der Waals surface area contributed by atoms with Gasteiger partial charge in [-0.3, -0.25) is 0 Å². The second-order valence-corrected chi connectivity index (χ2v) is 19.1. The van der Waals surface area contributed by atoms with Crippen molar-refractivity contribution >= 4 is 72.3 Å². The number of benzene rings is 11. The standard InChI is InChI=1S/C72H52N2O2/c1-3-14-57(4-2)73(60-45-37-55(38-46-60)63-19-12-21-67-65-17-8-10-23-69(65)75-71(63)67)59-41-33-53(34-42-59)51-29-25-49(26-30-51)50-27-31-52(32-28-50)54-35-43-61(44-36-54)74(58-15-6-5-7-16-58)62-47-39-56(40-48-62)64-20-13-22-68-66-18-9-11-24-70(66)76-72(64)68/h3-48H,1-2H3/b14-3-,57-4+. The summed E-state index contributed by atoms with van der Waals surface area (Å²) in [6, 6.07) is 93.0. The quantitative estimate of drug-likeness (QED) is 0.114. The Labute approximate surface area is 443 Å². The van der Waals surface area contributed by atoms with E-state index in [9.17, 15) is 0 Å². The minimum absolute atomic E-state index is 0.905. The minimum atomic E-state index is 0.905. The lowest BCUT2D eigenvalue weighted by Crippen LogP contribution is -2.15. The number of para-hydroxylation sites is 5. The van der Waals surface area contributed by atoms with Crippen LogP contribution in [0.2, 0.25) is 0 Å². The first-order chi connectivity index (χ1) is 37.6. The van der Waals surface area contributed by atoms with E-state index in [0.717, 1.165) is 111 Å². The monoisotopic (exact) mass is 976 g/mol. The van der Waals surface area contributed by atoms with Gasteiger partial charge in [0.05, 0.1) is 0 Å². The van der Waals surface area contributed by atoms with Gasteiger partial charge in [0, 0.05) is 66.8 Å². The zero-order valence-electron chi connectivity index (χ0n) is 42.3. The average Bonchev–Trinajstić information content (AvgIpc) is 4.09. The third-order valence-corrected chi connectivity index (χ3v) is 14.6. The molecule has 0 aliphatic carbocycles. The Kier molecular flexibility index (Phi) is 12.0. The molecule has 13 aromatic rings. The highest BCUT2D eigenvalue weighted by atomic mass is 16.3. The van der Waals surface area contributed by atoms with Gasteiger partial charge in [-0.2, -0.15) is 0 Å². The molecule has 76 heavy (non-hydrogen) atoms. The molecule has 0 aliphatic rings. The Bertz CT molecular complexity index is 4240. The molecule has 0 radical (unpaired) electrons. The maximum atomic E-state index is 6.39. The summed E-state index contributed by atoms with van der Waals surface area (Å²) >= 11 is 0. The molecular formula is C72H52N2O2. The van der Waals surface area contributed by atoms with Gasteiger partial charge in [-0.25, -0.2) is 0 Å². The molecule has 0 saturated carbocycles. The maximum Gasteiger partial charge on any atom is 0.143 e. The summed E-state index contributed by atoms with van der Waals surface area (Å²) in [5.74, 6) is 0. The zero-order chi connectivity index (χ0) is 51.0. The zero-order valence-corrected chi connectivity index (χ0v) is 42.3. The summed E-state index contributed by atoms with van der Waals surface area (Å²) < 4.78 is 12.8. The molecule has 0 spiro atoms. The van der Waals surface area contributed by atoms with E-state index in [2.05, 4.69) is 278 Å². The molecule has 0 bridgehead atoms. The molecule has 0 atom stereocenters. The normalized spacial score (nSPS) is 11.8. The maximum absolute atomic E-state index is 6.39. The molecule has 4 nitrogen and oxygen atoms in total. The van der Waals surface area contributed by atoms with Crippen LogP contribution in [0.3, 0.4) is 0 Å². The number of hydrogen-bond donors (Lipinski definition) is 0. The fourth-order valence-corrected chi connectivity index (χ4v) is 10.8. The fourth-order valence-electron chi connectivity index (χ4n) is 10.8. The minimum Gasteiger partial charge on any atom is -0.455 e. The van der Waals surface area contributed by atoms with Gasteiger partial charge in [0.2, 0.25) is 0 Å². The summed E-state index contributed by atoms with van der Waals surface area (Å²) in [4.78, 5) is 4.61. The second-order valence-electron chi connectivity index (χ2n) is 19.1. The Balaban J connectivity index is 0.711. The van der Waals surface area contributed by atoms with Gasteiger partial charge in [-0.05, 0) is 137 Å². The topological polar surface area (TPSA) is 32.8 Å². The average molecular weight is 977 g/mol. The predicted octanol–water partition coefficient (Wildman–Crippen LogP) is 20.9. The Hall–Kier alpha value is -9.90. The first-order valence-corrected chi connectivity index (χ1v) is 26.0. The smallest absolute Gasteiger partial charge is 0.143 e. The van der Waals surface area contributed by atoms with E-state index >= 15 is 0 Å². The van der Waals surface area contributed by atoms with Crippen molar-refractivity contribution in [3.63, 3.8) is 0 Å². The Morgan fingerprint density at radius 3 is 1.03 bits per heavy atom. The van der Waals surface area contributed by atoms with Crippen LogP contribution >= 0.6 is 0 Å². The van der Waals surface area contributed by atoms with E-state index in [1.165, 1.54) is 22.3 Å². The van der Waals surface area contributed by atoms with Gasteiger partial charge in [-0.1, -0.05) is 200 Å². The van der Waals surface area contributed by atoms with Crippen LogP contribution < -0.4 is 9.80 Å². The third-order valence-electron chi connectivity index (χ3n) is 14.6. The van der Waals surface area contributed by atoms with Crippen molar-refractivity contribution < 1.29 is 8.83 Å². The van der Waals surface area contributed by atoms with Crippen molar-refractivity contribution in [1.82, 2.24) is 0 Å². The van der Waals surface area contributed by atoms with E-state index in [1.807, 2.05) is 24.3 Å². The van der Waals surface area contributed by atoms with Gasteiger partial charge in [0.15, 0.2) is 0 Å². The highest BCUT2D eigenvalue weighted by Crippen LogP contribution is 2.42. The molecule has 0 fully saturated rings. The van der Waals surface area contributed by atoms with Crippen LogP contribution in [0, 0.1) is 0 Å². The second kappa shape index (κ2) is 19.8. The van der Waals surface area contributed by atoms with Crippen LogP contribution in [0.15, 0.2) is 294 Å². The Morgan fingerprint density at radius 1 is 0.303 bits per heavy atom. The summed E-state index contributed by atoms with van der Waals surface area (Å²) in [5.41, 5.74) is 21.6. The molecule has 362 valence electrons. The van der Waals surface area contributed by atoms with Crippen LogP contribution in [-0.4, -0.2) is 0 Å². The first kappa shape index (κ1) is 45.9. The van der Waals surface area contributed by atoms with E-state index in [1.54, 1.807) is 0 Å². The molecule has 2 aromatic heterocycles. The van der Waals surface area contributed by atoms with Gasteiger partial charge in [-0.15, -0.1) is 0 Å². The van der Waals surface area contributed by atoms with Crippen LogP contribution in [0.5, 0.6) is 0 Å². The van der Waals surface area contributed by atoms with Gasteiger partial charge >= 0.3 is 0 Å². The van der Waals surface area contributed by atoms with Gasteiger partial charge in [0.1, 0.15) is 22.3 Å². The van der Waals surface area contributed by atoms with Crippen LogP contribution in [0.4, 0.5) is 28.4 Å². The van der Waals surface area contributed by atoms with Crippen molar-refractivity contribution in [3.05, 3.63) is 285 Å². The van der Waals surface area contributed by atoms with Crippen molar-refractivity contribution in [2.75, 3.05) is 9.80 Å². The van der Waals surface area contributed by atoms with E-state index < -0.39 is 0 Å². The lowest BCUT2D eigenvalue weighted by Gasteiger charge is -2.27. The van der Waals surface area contributed by atoms with Gasteiger partial charge in [0.25, 0.3) is 0 Å². The summed E-state index contributed by atoms with van der Waals surface area (Å²) in [5, 5.41) is 4.53. The first-order valence-electron chi connectivity index (χ1n) is 26.0. The Morgan fingerprint density at radius 2 is 0.632 bits per heavy atom. The number of rotatable bonds is 12. The van der Waals surface area contributed by atoms with E-state index in [0.29, 0.717) is 0 Å². The van der Waals surface area contributed by atoms with E-state index in [4.69, 9.17) is 8.83 Å². The number of nitrogens with zero attached hydrogens (tertiary/aromatic N) is 2. The fraction of sp³-hybridized carbons (Fsp3) is 0.0278. The molecule has 0 N–H and O–H groups in total. The highest BCUT2D eigenvalue weighted by molar-refractivity contribution is 6.10. The van der Waals surface area contributed by atoms with E-state index in [-0.39, 0.29) is 0 Å². The predicted molar refractivity (Wildman–Crippen MR) is 320 cm³/mol. The van der Waals surface area contributed by atoms with Crippen LogP contribution in [-0.2, 0) is 0 Å². The van der Waals surface area contributed by atoms with Crippen molar-refractivity contribution in [3.8, 4) is 55.6 Å². The van der Waals surface area contributed by atoms with Crippen LogP contribution in [0.25, 0.3) is 99.5 Å². The molecule has 2 heterocycles. The summed E-state index contributed by atoms with van der Waals surface area (Å²) in [7, 11) is 0. The van der Waals surface area contributed by atoms with Crippen molar-refractivity contribution in [2.45, 2.75) is 13.8 Å². The lowest BCUT2D eigenvalue weighted by atomic mass is 9.97. The lowest BCUT2D eigenvalue weighted by molar-refractivity contribution is 0.669. The molecule has 13 rings (SSSR count). The number of fused-ring (bicyclic) bond motifs is 6. The number of hydrogen-bond acceptors (Lipinski definition) is 4. The van der Waals surface area contributed by atoms with Crippen molar-refractivity contribution in [1.29, 1.82) is 0 Å². The number of furan rings is 2. The molecule has 0 unspecified atom stereocenters. The molecule has 4 heteroatoms. The van der Waals surface area contributed by atoms with Gasteiger partial charge < -0.3 is 18.6 Å². The molecule has 0 amide bonds. The van der Waals surface area contributed by atoms with Crippen molar-refractivity contribution in [2.24, 2.45) is 0 Å².